The quantitative estimate of drug-likeness (QED) is 0.449. The molecule has 0 fully saturated rings. The Balaban J connectivity index is 4.20. The van der Waals surface area contributed by atoms with E-state index in [0.29, 0.717) is 5.92 Å². The lowest BCUT2D eigenvalue weighted by molar-refractivity contribution is 0.866. The molecular formula is C10H16. The van der Waals surface area contributed by atoms with Gasteiger partial charge in [0, 0.05) is 5.92 Å². The van der Waals surface area contributed by atoms with Gasteiger partial charge in [0.15, 0.2) is 0 Å². The topological polar surface area (TPSA) is 0 Å². The molecule has 0 amide bonds. The largest absolute Gasteiger partial charge is 0.0954 e. The standard InChI is InChI=1S/C10H16/c1-8(2)6-7-10(5)9(3)4/h8H,1-5H3. The molecular weight excluding hydrogens is 120 g/mol. The van der Waals surface area contributed by atoms with E-state index in [2.05, 4.69) is 46.5 Å². The molecule has 0 heterocycles. The Morgan fingerprint density at radius 1 is 1.10 bits per heavy atom. The lowest BCUT2D eigenvalue weighted by Crippen LogP contribution is -1.80. The SMILES string of the molecule is CC(C)=C(C)C#CC(C)C. The number of rotatable bonds is 0. The average Bonchev–Trinajstić information content (AvgIpc) is 1.82. The molecule has 0 aromatic carbocycles. The number of hydrogen-bond donors (Lipinski definition) is 0. The summed E-state index contributed by atoms with van der Waals surface area (Å²) in [5.74, 6) is 6.71. The third-order valence-corrected chi connectivity index (χ3v) is 1.30. The van der Waals surface area contributed by atoms with E-state index in [1.54, 1.807) is 0 Å². The third-order valence-electron chi connectivity index (χ3n) is 1.30. The van der Waals surface area contributed by atoms with Crippen LogP contribution in [0.5, 0.6) is 0 Å². The van der Waals surface area contributed by atoms with Gasteiger partial charge in [0.1, 0.15) is 0 Å². The van der Waals surface area contributed by atoms with Crippen LogP contribution in [0.4, 0.5) is 0 Å². The van der Waals surface area contributed by atoms with Crippen LogP contribution in [0.15, 0.2) is 11.1 Å². The molecule has 0 spiro atoms. The molecule has 56 valence electrons. The van der Waals surface area contributed by atoms with Crippen molar-refractivity contribution in [2.45, 2.75) is 34.6 Å². The van der Waals surface area contributed by atoms with Gasteiger partial charge in [-0.3, -0.25) is 0 Å². The Morgan fingerprint density at radius 2 is 1.60 bits per heavy atom. The minimum absolute atomic E-state index is 0.481. The maximum absolute atomic E-state index is 3.12. The summed E-state index contributed by atoms with van der Waals surface area (Å²) < 4.78 is 0. The van der Waals surface area contributed by atoms with Crippen LogP contribution in [0.25, 0.3) is 0 Å². The molecule has 10 heavy (non-hydrogen) atoms. The molecule has 0 unspecified atom stereocenters. The zero-order chi connectivity index (χ0) is 8.15. The van der Waals surface area contributed by atoms with E-state index in [1.807, 2.05) is 0 Å². The summed E-state index contributed by atoms with van der Waals surface area (Å²) in [6, 6.07) is 0. The van der Waals surface area contributed by atoms with Gasteiger partial charge in [-0.25, -0.2) is 0 Å². The fourth-order valence-electron chi connectivity index (χ4n) is 0.378. The first-order valence-corrected chi connectivity index (χ1v) is 3.69. The molecule has 0 atom stereocenters. The van der Waals surface area contributed by atoms with Crippen LogP contribution in [0, 0.1) is 17.8 Å². The maximum atomic E-state index is 3.12. The van der Waals surface area contributed by atoms with Crippen LogP contribution in [0.1, 0.15) is 34.6 Å². The van der Waals surface area contributed by atoms with Crippen molar-refractivity contribution in [3.8, 4) is 11.8 Å². The summed E-state index contributed by atoms with van der Waals surface area (Å²) in [6.45, 7) is 10.4. The Bertz CT molecular complexity index is 180. The van der Waals surface area contributed by atoms with Crippen molar-refractivity contribution in [1.29, 1.82) is 0 Å². The second-order valence-corrected chi connectivity index (χ2v) is 3.05. The molecule has 0 aliphatic carbocycles. The smallest absolute Gasteiger partial charge is 0.0149 e. The van der Waals surface area contributed by atoms with Crippen LogP contribution in [-0.4, -0.2) is 0 Å². The van der Waals surface area contributed by atoms with Crippen molar-refractivity contribution in [3.63, 3.8) is 0 Å². The first-order valence-electron chi connectivity index (χ1n) is 3.69. The summed E-state index contributed by atoms with van der Waals surface area (Å²) in [4.78, 5) is 0. The predicted molar refractivity (Wildman–Crippen MR) is 46.7 cm³/mol. The van der Waals surface area contributed by atoms with Gasteiger partial charge >= 0.3 is 0 Å². The lowest BCUT2D eigenvalue weighted by Gasteiger charge is -1.92. The van der Waals surface area contributed by atoms with E-state index in [9.17, 15) is 0 Å². The van der Waals surface area contributed by atoms with Crippen LogP contribution < -0.4 is 0 Å². The van der Waals surface area contributed by atoms with Gasteiger partial charge in [-0.15, -0.1) is 0 Å². The Morgan fingerprint density at radius 3 is 1.90 bits per heavy atom. The predicted octanol–water partition coefficient (Wildman–Crippen LogP) is 3.00. The molecule has 0 nitrogen and oxygen atoms in total. The fourth-order valence-corrected chi connectivity index (χ4v) is 0.378. The monoisotopic (exact) mass is 136 g/mol. The molecule has 0 N–H and O–H groups in total. The number of hydrogen-bond acceptors (Lipinski definition) is 0. The first kappa shape index (κ1) is 9.30. The lowest BCUT2D eigenvalue weighted by atomic mass is 10.1. The Hall–Kier alpha value is -0.700. The second kappa shape index (κ2) is 4.17. The number of allylic oxidation sites excluding steroid dienone is 2. The van der Waals surface area contributed by atoms with Gasteiger partial charge < -0.3 is 0 Å². The summed E-state index contributed by atoms with van der Waals surface area (Å²) >= 11 is 0. The molecule has 0 heteroatoms. The first-order chi connectivity index (χ1) is 4.54. The van der Waals surface area contributed by atoms with E-state index in [0.717, 1.165) is 0 Å². The zero-order valence-electron chi connectivity index (χ0n) is 7.58. The highest BCUT2D eigenvalue weighted by Gasteiger charge is 1.85. The molecule has 0 aliphatic rings. The molecule has 0 radical (unpaired) electrons. The van der Waals surface area contributed by atoms with Crippen molar-refractivity contribution in [1.82, 2.24) is 0 Å². The van der Waals surface area contributed by atoms with Crippen molar-refractivity contribution >= 4 is 0 Å². The molecule has 0 bridgehead atoms. The summed E-state index contributed by atoms with van der Waals surface area (Å²) in [6.07, 6.45) is 0. The highest BCUT2D eigenvalue weighted by atomic mass is 13.9. The highest BCUT2D eigenvalue weighted by Crippen LogP contribution is 1.99. The van der Waals surface area contributed by atoms with Crippen molar-refractivity contribution in [3.05, 3.63) is 11.1 Å². The average molecular weight is 136 g/mol. The van der Waals surface area contributed by atoms with Gasteiger partial charge in [0.2, 0.25) is 0 Å². The van der Waals surface area contributed by atoms with Crippen molar-refractivity contribution < 1.29 is 0 Å². The summed E-state index contributed by atoms with van der Waals surface area (Å²) in [5.41, 5.74) is 2.52. The highest BCUT2D eigenvalue weighted by molar-refractivity contribution is 5.30. The van der Waals surface area contributed by atoms with E-state index >= 15 is 0 Å². The minimum Gasteiger partial charge on any atom is -0.0954 e. The van der Waals surface area contributed by atoms with Gasteiger partial charge in [-0.2, -0.15) is 0 Å². The molecule has 0 saturated heterocycles. The maximum Gasteiger partial charge on any atom is 0.0149 e. The molecule has 0 rings (SSSR count). The molecule has 0 aromatic heterocycles. The van der Waals surface area contributed by atoms with E-state index in [1.165, 1.54) is 11.1 Å². The third kappa shape index (κ3) is 4.21. The van der Waals surface area contributed by atoms with Crippen molar-refractivity contribution in [2.75, 3.05) is 0 Å². The Labute approximate surface area is 64.3 Å². The van der Waals surface area contributed by atoms with Gasteiger partial charge in [-0.05, 0) is 26.3 Å². The second-order valence-electron chi connectivity index (χ2n) is 3.05. The van der Waals surface area contributed by atoms with Gasteiger partial charge in [-0.1, -0.05) is 31.3 Å². The van der Waals surface area contributed by atoms with Gasteiger partial charge in [0.05, 0.1) is 0 Å². The van der Waals surface area contributed by atoms with Crippen molar-refractivity contribution in [2.24, 2.45) is 5.92 Å². The van der Waals surface area contributed by atoms with Crippen LogP contribution in [0.3, 0.4) is 0 Å². The zero-order valence-corrected chi connectivity index (χ0v) is 7.58. The minimum atomic E-state index is 0.481. The fraction of sp³-hybridized carbons (Fsp3) is 0.600. The summed E-state index contributed by atoms with van der Waals surface area (Å²) in [5, 5.41) is 0. The van der Waals surface area contributed by atoms with Crippen LogP contribution >= 0.6 is 0 Å². The van der Waals surface area contributed by atoms with E-state index in [-0.39, 0.29) is 0 Å². The molecule has 0 aliphatic heterocycles. The van der Waals surface area contributed by atoms with Crippen LogP contribution in [-0.2, 0) is 0 Å². The normalized spacial score (nSPS) is 8.60. The Kier molecular flexibility index (Phi) is 3.88. The summed E-state index contributed by atoms with van der Waals surface area (Å²) in [7, 11) is 0. The van der Waals surface area contributed by atoms with Gasteiger partial charge in [0.25, 0.3) is 0 Å². The molecule has 0 saturated carbocycles. The molecule has 0 aromatic rings. The van der Waals surface area contributed by atoms with E-state index < -0.39 is 0 Å². The van der Waals surface area contributed by atoms with E-state index in [4.69, 9.17) is 0 Å². The van der Waals surface area contributed by atoms with Crippen LogP contribution in [0.2, 0.25) is 0 Å².